The number of rotatable bonds is 13. The summed E-state index contributed by atoms with van der Waals surface area (Å²) in [6.45, 7) is 2.09. The number of hydrogen-bond acceptors (Lipinski definition) is 7. The van der Waals surface area contributed by atoms with Gasteiger partial charge in [-0.3, -0.25) is 23.7 Å². The summed E-state index contributed by atoms with van der Waals surface area (Å²) in [5, 5.41) is 19.7. The van der Waals surface area contributed by atoms with Crippen LogP contribution in [0.1, 0.15) is 25.0 Å². The van der Waals surface area contributed by atoms with E-state index in [9.17, 15) is 37.3 Å². The van der Waals surface area contributed by atoms with E-state index in [1.807, 2.05) is 6.07 Å². The Morgan fingerprint density at radius 2 is 1.34 bits per heavy atom. The first-order valence-electron chi connectivity index (χ1n) is 11.7. The molecule has 0 aromatic heterocycles. The van der Waals surface area contributed by atoms with Crippen LogP contribution in [-0.4, -0.2) is 71.8 Å². The zero-order valence-electron chi connectivity index (χ0n) is 21.0. The van der Waals surface area contributed by atoms with Crippen LogP contribution in [0.2, 0.25) is 0 Å². The average molecular weight is 549 g/mol. The van der Waals surface area contributed by atoms with Gasteiger partial charge in [-0.2, -0.15) is 8.42 Å². The van der Waals surface area contributed by atoms with E-state index in [4.69, 9.17) is 0 Å². The first-order valence-corrected chi connectivity index (χ1v) is 13.2. The van der Waals surface area contributed by atoms with E-state index < -0.39 is 63.9 Å². The van der Waals surface area contributed by atoms with E-state index in [0.717, 1.165) is 5.56 Å². The van der Waals surface area contributed by atoms with Gasteiger partial charge in [0.15, 0.2) is 0 Å². The van der Waals surface area contributed by atoms with Crippen molar-refractivity contribution in [2.24, 2.45) is 0 Å². The third-order valence-corrected chi connectivity index (χ3v) is 6.38. The van der Waals surface area contributed by atoms with E-state index in [1.165, 1.54) is 13.8 Å². The van der Waals surface area contributed by atoms with Crippen LogP contribution < -0.4 is 21.3 Å². The van der Waals surface area contributed by atoms with Crippen LogP contribution in [0.25, 0.3) is 0 Å². The molecule has 4 amide bonds. The van der Waals surface area contributed by atoms with Crippen LogP contribution in [0.4, 0.5) is 0 Å². The molecule has 2 aromatic rings. The number of amides is 4. The van der Waals surface area contributed by atoms with Crippen LogP contribution in [0.5, 0.6) is 0 Å². The van der Waals surface area contributed by atoms with E-state index >= 15 is 0 Å². The molecule has 12 nitrogen and oxygen atoms in total. The quantitative estimate of drug-likeness (QED) is 0.177. The van der Waals surface area contributed by atoms with Gasteiger partial charge in [0, 0.05) is 13.3 Å². The molecule has 0 radical (unpaired) electrons. The Hall–Kier alpha value is -3.81. The number of benzene rings is 2. The number of aliphatic hydroxyl groups excluding tert-OH is 1. The number of aliphatic hydroxyl groups is 1. The maximum atomic E-state index is 12.6. The van der Waals surface area contributed by atoms with Gasteiger partial charge in [0.2, 0.25) is 29.1 Å². The number of carbonyl (C=O) groups excluding carboxylic acids is 4. The van der Waals surface area contributed by atoms with Crippen molar-refractivity contribution in [2.45, 2.75) is 50.3 Å². The van der Waals surface area contributed by atoms with Crippen LogP contribution in [0.15, 0.2) is 60.7 Å². The van der Waals surface area contributed by atoms with E-state index in [0.29, 0.717) is 5.56 Å². The molecule has 0 saturated heterocycles. The highest BCUT2D eigenvalue weighted by Crippen LogP contribution is 2.10. The highest BCUT2D eigenvalue weighted by molar-refractivity contribution is 7.86. The zero-order chi connectivity index (χ0) is 28.3. The minimum atomic E-state index is -4.90. The van der Waals surface area contributed by atoms with Crippen molar-refractivity contribution >= 4 is 33.7 Å². The fourth-order valence-corrected chi connectivity index (χ4v) is 4.14. The Bertz CT molecular complexity index is 1210. The predicted molar refractivity (Wildman–Crippen MR) is 138 cm³/mol. The van der Waals surface area contributed by atoms with Gasteiger partial charge < -0.3 is 26.4 Å². The fraction of sp³-hybridized carbons (Fsp3) is 0.360. The Morgan fingerprint density at radius 3 is 1.84 bits per heavy atom. The Kier molecular flexibility index (Phi) is 11.4. The van der Waals surface area contributed by atoms with E-state index in [1.54, 1.807) is 54.6 Å². The van der Waals surface area contributed by atoms with E-state index in [2.05, 4.69) is 21.3 Å². The van der Waals surface area contributed by atoms with Gasteiger partial charge in [0.1, 0.15) is 12.1 Å². The standard InChI is InChI=1S/C25H32N4O8S/c1-16(23(32)29-21(25(34)38(35,36)37)14-19-11-7-4-8-12-19)27-22(31)15-26-24(33)20(28-17(2)30)13-18-9-5-3-6-10-18/h3-12,16,20-21,25,34H,13-15H2,1-2H3,(H,26,33)(H,27,31)(H,28,30)(H,29,32)(H,35,36,37)/t16-,20-,21?,25?/m0/s1. The second-order valence-corrected chi connectivity index (χ2v) is 10.2. The van der Waals surface area contributed by atoms with Crippen molar-refractivity contribution in [2.75, 3.05) is 6.54 Å². The highest BCUT2D eigenvalue weighted by atomic mass is 32.2. The lowest BCUT2D eigenvalue weighted by atomic mass is 10.1. The van der Waals surface area contributed by atoms with Gasteiger partial charge in [0.25, 0.3) is 10.1 Å². The summed E-state index contributed by atoms with van der Waals surface area (Å²) in [6, 6.07) is 13.8. The lowest BCUT2D eigenvalue weighted by molar-refractivity contribution is -0.131. The second kappa shape index (κ2) is 14.2. The SMILES string of the molecule is CC(=O)N[C@@H](Cc1ccccc1)C(=O)NCC(=O)N[C@@H](C)C(=O)NC(Cc1ccccc1)C(O)S(=O)(=O)O. The third-order valence-electron chi connectivity index (χ3n) is 5.45. The number of carbonyl (C=O) groups is 4. The lowest BCUT2D eigenvalue weighted by Crippen LogP contribution is -2.55. The Labute approximate surface area is 221 Å². The third kappa shape index (κ3) is 10.3. The average Bonchev–Trinajstić information content (AvgIpc) is 2.86. The van der Waals surface area contributed by atoms with Crippen molar-refractivity contribution in [1.29, 1.82) is 0 Å². The smallest absolute Gasteiger partial charge is 0.294 e. The lowest BCUT2D eigenvalue weighted by Gasteiger charge is -2.24. The molecule has 2 unspecified atom stereocenters. The van der Waals surface area contributed by atoms with Gasteiger partial charge in [-0.25, -0.2) is 0 Å². The van der Waals surface area contributed by atoms with Crippen molar-refractivity contribution in [3.05, 3.63) is 71.8 Å². The maximum absolute atomic E-state index is 12.6. The molecule has 0 spiro atoms. The molecule has 2 aromatic carbocycles. The molecule has 0 fully saturated rings. The molecular weight excluding hydrogens is 516 g/mol. The van der Waals surface area contributed by atoms with Crippen LogP contribution >= 0.6 is 0 Å². The molecule has 6 N–H and O–H groups in total. The van der Waals surface area contributed by atoms with Crippen LogP contribution in [-0.2, 0) is 42.1 Å². The summed E-state index contributed by atoms with van der Waals surface area (Å²) in [7, 11) is -4.90. The van der Waals surface area contributed by atoms with Crippen LogP contribution in [0.3, 0.4) is 0 Å². The molecular formula is C25H32N4O8S. The second-order valence-electron chi connectivity index (χ2n) is 8.66. The first-order chi connectivity index (χ1) is 17.9. The van der Waals surface area contributed by atoms with Gasteiger partial charge in [-0.05, 0) is 24.5 Å². The summed E-state index contributed by atoms with van der Waals surface area (Å²) in [6.07, 6.45) is 0.0851. The van der Waals surface area contributed by atoms with Gasteiger partial charge in [-0.1, -0.05) is 60.7 Å². The molecule has 0 heterocycles. The molecule has 2 rings (SSSR count). The summed E-state index contributed by atoms with van der Waals surface area (Å²) in [5.74, 6) is -2.57. The van der Waals surface area contributed by atoms with Gasteiger partial charge >= 0.3 is 0 Å². The zero-order valence-corrected chi connectivity index (χ0v) is 21.8. The minimum absolute atomic E-state index is 0.115. The van der Waals surface area contributed by atoms with Crippen molar-refractivity contribution in [3.63, 3.8) is 0 Å². The summed E-state index contributed by atoms with van der Waals surface area (Å²) in [5.41, 5.74) is -0.915. The maximum Gasteiger partial charge on any atom is 0.294 e. The monoisotopic (exact) mass is 548 g/mol. The van der Waals surface area contributed by atoms with Crippen molar-refractivity contribution in [3.8, 4) is 0 Å². The molecule has 38 heavy (non-hydrogen) atoms. The van der Waals surface area contributed by atoms with Gasteiger partial charge in [0.05, 0.1) is 12.6 Å². The van der Waals surface area contributed by atoms with E-state index in [-0.39, 0.29) is 12.8 Å². The van der Waals surface area contributed by atoms with Crippen molar-refractivity contribution < 1.29 is 37.3 Å². The molecule has 13 heteroatoms. The molecule has 206 valence electrons. The Balaban J connectivity index is 1.95. The molecule has 0 aliphatic rings. The Morgan fingerprint density at radius 1 is 0.816 bits per heavy atom. The molecule has 0 aliphatic heterocycles. The number of hydrogen-bond donors (Lipinski definition) is 6. The van der Waals surface area contributed by atoms with Crippen molar-refractivity contribution in [1.82, 2.24) is 21.3 Å². The largest absolute Gasteiger partial charge is 0.373 e. The summed E-state index contributed by atoms with van der Waals surface area (Å²) < 4.78 is 32.3. The molecule has 4 atom stereocenters. The topological polar surface area (TPSA) is 191 Å². The molecule has 0 aliphatic carbocycles. The normalized spacial score (nSPS) is 14.3. The number of nitrogens with one attached hydrogen (secondary N) is 4. The first kappa shape index (κ1) is 30.4. The predicted octanol–water partition coefficient (Wildman–Crippen LogP) is -0.712. The summed E-state index contributed by atoms with van der Waals surface area (Å²) >= 11 is 0. The molecule has 0 saturated carbocycles. The molecule has 0 bridgehead atoms. The van der Waals surface area contributed by atoms with Crippen LogP contribution in [0, 0.1) is 0 Å². The minimum Gasteiger partial charge on any atom is -0.373 e. The fourth-order valence-electron chi connectivity index (χ4n) is 3.56. The summed E-state index contributed by atoms with van der Waals surface area (Å²) in [4.78, 5) is 49.1. The highest BCUT2D eigenvalue weighted by Gasteiger charge is 2.32. The van der Waals surface area contributed by atoms with Gasteiger partial charge in [-0.15, -0.1) is 0 Å².